The summed E-state index contributed by atoms with van der Waals surface area (Å²) in [5, 5.41) is 0.579. The Labute approximate surface area is 120 Å². The molecule has 1 aliphatic rings. The van der Waals surface area contributed by atoms with E-state index in [0.717, 1.165) is 36.7 Å². The van der Waals surface area contributed by atoms with Gasteiger partial charge in [-0.1, -0.05) is 18.5 Å². The van der Waals surface area contributed by atoms with Crippen molar-refractivity contribution >= 4 is 17.4 Å². The molecule has 1 fully saturated rings. The van der Waals surface area contributed by atoms with E-state index in [1.165, 1.54) is 25.9 Å². The second kappa shape index (κ2) is 6.53. The summed E-state index contributed by atoms with van der Waals surface area (Å²) in [7, 11) is 2.08. The molecule has 2 rings (SSSR count). The van der Waals surface area contributed by atoms with Crippen LogP contribution in [0.5, 0.6) is 0 Å². The molecule has 2 heterocycles. The van der Waals surface area contributed by atoms with E-state index in [1.54, 1.807) is 0 Å². The fraction of sp³-hybridized carbons (Fsp3) is 0.714. The van der Waals surface area contributed by atoms with Crippen LogP contribution in [0, 0.1) is 6.92 Å². The lowest BCUT2D eigenvalue weighted by Gasteiger charge is -2.24. The van der Waals surface area contributed by atoms with Crippen LogP contribution in [0.15, 0.2) is 0 Å². The van der Waals surface area contributed by atoms with Crippen molar-refractivity contribution in [1.82, 2.24) is 14.9 Å². The van der Waals surface area contributed by atoms with Crippen molar-refractivity contribution in [2.24, 2.45) is 0 Å². The van der Waals surface area contributed by atoms with Crippen LogP contribution in [-0.4, -0.2) is 48.1 Å². The summed E-state index contributed by atoms with van der Waals surface area (Å²) in [6.45, 7) is 8.59. The van der Waals surface area contributed by atoms with E-state index in [9.17, 15) is 0 Å². The SMILES string of the molecule is CCc1nc(Cl)c(C)c(N(C)CCN2CCCC2)n1. The molecule has 0 atom stereocenters. The molecule has 19 heavy (non-hydrogen) atoms. The lowest BCUT2D eigenvalue weighted by atomic mass is 10.3. The van der Waals surface area contributed by atoms with Crippen LogP contribution < -0.4 is 4.90 Å². The predicted octanol–water partition coefficient (Wildman–Crippen LogP) is 2.53. The lowest BCUT2D eigenvalue weighted by Crippen LogP contribution is -2.32. The van der Waals surface area contributed by atoms with E-state index < -0.39 is 0 Å². The van der Waals surface area contributed by atoms with Gasteiger partial charge in [-0.05, 0) is 32.9 Å². The van der Waals surface area contributed by atoms with Gasteiger partial charge in [-0.15, -0.1) is 0 Å². The minimum absolute atomic E-state index is 0.579. The van der Waals surface area contributed by atoms with Crippen LogP contribution in [0.25, 0.3) is 0 Å². The fourth-order valence-electron chi connectivity index (χ4n) is 2.45. The molecule has 5 heteroatoms. The first-order chi connectivity index (χ1) is 9.11. The molecule has 0 amide bonds. The van der Waals surface area contributed by atoms with Gasteiger partial charge in [0.05, 0.1) is 0 Å². The first-order valence-corrected chi connectivity index (χ1v) is 7.46. The summed E-state index contributed by atoms with van der Waals surface area (Å²) in [4.78, 5) is 13.6. The second-order valence-corrected chi connectivity index (χ2v) is 5.56. The molecule has 4 nitrogen and oxygen atoms in total. The van der Waals surface area contributed by atoms with Crippen LogP contribution in [0.4, 0.5) is 5.82 Å². The van der Waals surface area contributed by atoms with Gasteiger partial charge in [0.1, 0.15) is 16.8 Å². The average molecular weight is 283 g/mol. The molecule has 0 spiro atoms. The van der Waals surface area contributed by atoms with Gasteiger partial charge in [-0.3, -0.25) is 0 Å². The van der Waals surface area contributed by atoms with Gasteiger partial charge in [0, 0.05) is 32.1 Å². The van der Waals surface area contributed by atoms with Crippen LogP contribution in [0.1, 0.15) is 31.2 Å². The van der Waals surface area contributed by atoms with Crippen molar-refractivity contribution < 1.29 is 0 Å². The number of likely N-dealkylation sites (N-methyl/N-ethyl adjacent to an activating group) is 1. The van der Waals surface area contributed by atoms with Crippen LogP contribution >= 0.6 is 11.6 Å². The summed E-state index contributed by atoms with van der Waals surface area (Å²) < 4.78 is 0. The van der Waals surface area contributed by atoms with E-state index in [1.807, 2.05) is 6.92 Å². The Morgan fingerprint density at radius 2 is 1.95 bits per heavy atom. The van der Waals surface area contributed by atoms with Crippen LogP contribution in [-0.2, 0) is 6.42 Å². The van der Waals surface area contributed by atoms with Gasteiger partial charge in [-0.25, -0.2) is 9.97 Å². The first-order valence-electron chi connectivity index (χ1n) is 7.08. The molecular formula is C14H23ClN4. The number of hydrogen-bond donors (Lipinski definition) is 0. The van der Waals surface area contributed by atoms with E-state index in [4.69, 9.17) is 11.6 Å². The van der Waals surface area contributed by atoms with Gasteiger partial charge in [-0.2, -0.15) is 0 Å². The minimum Gasteiger partial charge on any atom is -0.358 e. The fourth-order valence-corrected chi connectivity index (χ4v) is 2.64. The molecule has 0 bridgehead atoms. The average Bonchev–Trinajstić information content (AvgIpc) is 2.92. The Hall–Kier alpha value is -0.870. The number of aromatic nitrogens is 2. The number of halogens is 1. The lowest BCUT2D eigenvalue weighted by molar-refractivity contribution is 0.346. The predicted molar refractivity (Wildman–Crippen MR) is 80.1 cm³/mol. The molecule has 1 aromatic rings. The quantitative estimate of drug-likeness (QED) is 0.777. The van der Waals surface area contributed by atoms with E-state index >= 15 is 0 Å². The van der Waals surface area contributed by atoms with Gasteiger partial charge >= 0.3 is 0 Å². The molecule has 0 N–H and O–H groups in total. The third kappa shape index (κ3) is 3.57. The summed E-state index contributed by atoms with van der Waals surface area (Å²) in [5.41, 5.74) is 0.975. The van der Waals surface area contributed by atoms with E-state index in [-0.39, 0.29) is 0 Å². The molecule has 0 aromatic carbocycles. The Balaban J connectivity index is 2.04. The van der Waals surface area contributed by atoms with E-state index in [2.05, 4.69) is 33.7 Å². The molecule has 0 saturated carbocycles. The number of hydrogen-bond acceptors (Lipinski definition) is 4. The zero-order valence-corrected chi connectivity index (χ0v) is 12.9. The van der Waals surface area contributed by atoms with Crippen LogP contribution in [0.3, 0.4) is 0 Å². The Bertz CT molecular complexity index is 430. The summed E-state index contributed by atoms with van der Waals surface area (Å²) >= 11 is 6.18. The number of nitrogens with zero attached hydrogens (tertiary/aromatic N) is 4. The van der Waals surface area contributed by atoms with Gasteiger partial charge in [0.25, 0.3) is 0 Å². The number of likely N-dealkylation sites (tertiary alicyclic amines) is 1. The topological polar surface area (TPSA) is 32.3 Å². The second-order valence-electron chi connectivity index (χ2n) is 5.20. The van der Waals surface area contributed by atoms with Crippen molar-refractivity contribution in [3.05, 3.63) is 16.5 Å². The molecular weight excluding hydrogens is 260 g/mol. The summed E-state index contributed by atoms with van der Waals surface area (Å²) in [6.07, 6.45) is 3.48. The molecule has 1 aliphatic heterocycles. The normalized spacial score (nSPS) is 16.0. The maximum atomic E-state index is 6.18. The molecule has 106 valence electrons. The van der Waals surface area contributed by atoms with E-state index in [0.29, 0.717) is 5.15 Å². The zero-order valence-electron chi connectivity index (χ0n) is 12.1. The highest BCUT2D eigenvalue weighted by atomic mass is 35.5. The maximum Gasteiger partial charge on any atom is 0.137 e. The van der Waals surface area contributed by atoms with Crippen LogP contribution in [0.2, 0.25) is 5.15 Å². The Morgan fingerprint density at radius 1 is 1.26 bits per heavy atom. The smallest absolute Gasteiger partial charge is 0.137 e. The third-order valence-corrected chi connectivity index (χ3v) is 4.10. The van der Waals surface area contributed by atoms with Gasteiger partial charge in [0.15, 0.2) is 0 Å². The summed E-state index contributed by atoms with van der Waals surface area (Å²) in [6, 6.07) is 0. The van der Waals surface area contributed by atoms with Crippen molar-refractivity contribution in [2.45, 2.75) is 33.1 Å². The third-order valence-electron chi connectivity index (χ3n) is 3.74. The Kier molecular flexibility index (Phi) is 4.99. The van der Waals surface area contributed by atoms with Crippen molar-refractivity contribution in [3.8, 4) is 0 Å². The largest absolute Gasteiger partial charge is 0.358 e. The van der Waals surface area contributed by atoms with Gasteiger partial charge in [0.2, 0.25) is 0 Å². The Morgan fingerprint density at radius 3 is 2.58 bits per heavy atom. The monoisotopic (exact) mass is 282 g/mol. The first kappa shape index (κ1) is 14.5. The van der Waals surface area contributed by atoms with Crippen molar-refractivity contribution in [3.63, 3.8) is 0 Å². The highest BCUT2D eigenvalue weighted by molar-refractivity contribution is 6.30. The molecule has 0 aliphatic carbocycles. The molecule has 1 aromatic heterocycles. The molecule has 0 unspecified atom stereocenters. The highest BCUT2D eigenvalue weighted by Crippen LogP contribution is 2.22. The number of anilines is 1. The molecule has 1 saturated heterocycles. The molecule has 0 radical (unpaired) electrons. The van der Waals surface area contributed by atoms with Gasteiger partial charge < -0.3 is 9.80 Å². The zero-order chi connectivity index (χ0) is 13.8. The minimum atomic E-state index is 0.579. The number of rotatable bonds is 5. The van der Waals surface area contributed by atoms with Crippen molar-refractivity contribution in [2.75, 3.05) is 38.1 Å². The maximum absolute atomic E-state index is 6.18. The number of aryl methyl sites for hydroxylation is 1. The van der Waals surface area contributed by atoms with Crippen molar-refractivity contribution in [1.29, 1.82) is 0 Å². The standard InChI is InChI=1S/C14H23ClN4/c1-4-12-16-13(15)11(2)14(17-12)18(3)9-10-19-7-5-6-8-19/h4-10H2,1-3H3. The highest BCUT2D eigenvalue weighted by Gasteiger charge is 2.15. The summed E-state index contributed by atoms with van der Waals surface area (Å²) in [5.74, 6) is 1.79.